The van der Waals surface area contributed by atoms with Crippen molar-refractivity contribution < 1.29 is 22.7 Å². The highest BCUT2D eigenvalue weighted by atomic mass is 19.4. The van der Waals surface area contributed by atoms with Gasteiger partial charge >= 0.3 is 6.18 Å². The third kappa shape index (κ3) is 5.50. The van der Waals surface area contributed by atoms with Gasteiger partial charge in [0.05, 0.1) is 0 Å². The molecule has 0 spiro atoms. The highest BCUT2D eigenvalue weighted by Gasteiger charge is 2.56. The summed E-state index contributed by atoms with van der Waals surface area (Å²) >= 11 is 0. The van der Waals surface area contributed by atoms with E-state index in [1.165, 1.54) is 11.8 Å². The lowest BCUT2D eigenvalue weighted by Crippen LogP contribution is -2.33. The number of nitrogens with zero attached hydrogens (tertiary/aromatic N) is 4. The van der Waals surface area contributed by atoms with Crippen LogP contribution in [-0.2, 0) is 24.1 Å². The zero-order chi connectivity index (χ0) is 25.3. The molecule has 1 saturated carbocycles. The van der Waals surface area contributed by atoms with Crippen LogP contribution in [0, 0.1) is 11.8 Å². The molecule has 1 aliphatic heterocycles. The van der Waals surface area contributed by atoms with Crippen LogP contribution < -0.4 is 20.3 Å². The van der Waals surface area contributed by atoms with Gasteiger partial charge in [0.1, 0.15) is 18.1 Å². The molecule has 2 N–H and O–H groups in total. The Morgan fingerprint density at radius 3 is 2.33 bits per heavy atom. The molecule has 1 aromatic carbocycles. The van der Waals surface area contributed by atoms with Gasteiger partial charge in [-0.15, -0.1) is 10.2 Å². The third-order valence-electron chi connectivity index (χ3n) is 6.48. The minimum absolute atomic E-state index is 0.0331. The van der Waals surface area contributed by atoms with Crippen molar-refractivity contribution in [3.63, 3.8) is 0 Å². The largest absolute Gasteiger partial charge is 0.472 e. The molecule has 2 aromatic heterocycles. The highest BCUT2D eigenvalue weighted by molar-refractivity contribution is 5.74. The van der Waals surface area contributed by atoms with E-state index in [4.69, 9.17) is 4.74 Å². The molecule has 8 nitrogen and oxygen atoms in total. The van der Waals surface area contributed by atoms with Crippen molar-refractivity contribution in [1.29, 1.82) is 0 Å². The standard InChI is InChI=1S/C25H25F3N6O2/c1-15(35)31-24-19-12-34(13-20(19)24)18-5-2-16(3-6-18)10-30-22-8-9-23(33-32-22)36-14-17-4-7-21(29-11-17)25(26,27)28/h2-9,11,19-20,24H,10,12-14H2,1H3,(H,30,32)(H,31,35)/t19-,20+,24+. The number of halogens is 3. The summed E-state index contributed by atoms with van der Waals surface area (Å²) < 4.78 is 43.2. The molecule has 5 rings (SSSR count). The molecule has 2 aliphatic rings. The van der Waals surface area contributed by atoms with Crippen LogP contribution in [0.4, 0.5) is 24.7 Å². The second-order valence-electron chi connectivity index (χ2n) is 9.07. The maximum atomic E-state index is 12.6. The molecular weight excluding hydrogens is 473 g/mol. The van der Waals surface area contributed by atoms with E-state index in [2.05, 4.69) is 55.0 Å². The quantitative estimate of drug-likeness (QED) is 0.490. The number of rotatable bonds is 8. The molecule has 3 atom stereocenters. The Bertz CT molecular complexity index is 1190. The molecule has 0 unspecified atom stereocenters. The molecule has 11 heteroatoms. The van der Waals surface area contributed by atoms with Crippen LogP contribution in [0.25, 0.3) is 0 Å². The van der Waals surface area contributed by atoms with Gasteiger partial charge in [0.15, 0.2) is 0 Å². The highest BCUT2D eigenvalue weighted by Crippen LogP contribution is 2.46. The number of amides is 1. The minimum Gasteiger partial charge on any atom is -0.472 e. The summed E-state index contributed by atoms with van der Waals surface area (Å²) in [7, 11) is 0. The summed E-state index contributed by atoms with van der Waals surface area (Å²) in [6.45, 7) is 4.10. The smallest absolute Gasteiger partial charge is 0.433 e. The summed E-state index contributed by atoms with van der Waals surface area (Å²) in [5.41, 5.74) is 1.82. The third-order valence-corrected chi connectivity index (χ3v) is 6.48. The Balaban J connectivity index is 1.06. The average Bonchev–Trinajstić information content (AvgIpc) is 3.28. The van der Waals surface area contributed by atoms with Crippen LogP contribution in [0.5, 0.6) is 5.88 Å². The number of carbonyl (C=O) groups is 1. The molecule has 2 fully saturated rings. The number of piperidine rings is 1. The molecule has 3 aromatic rings. The predicted molar refractivity (Wildman–Crippen MR) is 126 cm³/mol. The van der Waals surface area contributed by atoms with E-state index in [-0.39, 0.29) is 18.4 Å². The number of benzene rings is 1. The first-order valence-electron chi connectivity index (χ1n) is 11.6. The lowest BCUT2D eigenvalue weighted by Gasteiger charge is -2.22. The first kappa shape index (κ1) is 23.8. The Hall–Kier alpha value is -3.89. The molecule has 1 saturated heterocycles. The molecule has 1 aliphatic carbocycles. The fourth-order valence-corrected chi connectivity index (χ4v) is 4.53. The van der Waals surface area contributed by atoms with Crippen LogP contribution in [0.1, 0.15) is 23.7 Å². The lowest BCUT2D eigenvalue weighted by atomic mass is 10.2. The van der Waals surface area contributed by atoms with E-state index in [1.54, 1.807) is 19.1 Å². The van der Waals surface area contributed by atoms with Gasteiger partial charge in [-0.2, -0.15) is 13.2 Å². The zero-order valence-electron chi connectivity index (χ0n) is 19.5. The van der Waals surface area contributed by atoms with E-state index in [9.17, 15) is 18.0 Å². The Morgan fingerprint density at radius 1 is 1.03 bits per heavy atom. The Labute approximate surface area is 205 Å². The van der Waals surface area contributed by atoms with Gasteiger partial charge in [0.2, 0.25) is 11.8 Å². The first-order valence-corrected chi connectivity index (χ1v) is 11.6. The molecule has 188 valence electrons. The molecule has 0 radical (unpaired) electrons. The number of carbonyl (C=O) groups excluding carboxylic acids is 1. The normalized spacial score (nSPS) is 20.6. The topological polar surface area (TPSA) is 92.3 Å². The van der Waals surface area contributed by atoms with E-state index in [0.29, 0.717) is 35.8 Å². The van der Waals surface area contributed by atoms with E-state index in [1.807, 2.05) is 0 Å². The number of anilines is 2. The number of fused-ring (bicyclic) bond motifs is 1. The van der Waals surface area contributed by atoms with Gasteiger partial charge < -0.3 is 20.3 Å². The van der Waals surface area contributed by atoms with Gasteiger partial charge in [-0.1, -0.05) is 18.2 Å². The van der Waals surface area contributed by atoms with Gasteiger partial charge in [-0.3, -0.25) is 9.78 Å². The van der Waals surface area contributed by atoms with Crippen molar-refractivity contribution in [3.8, 4) is 5.88 Å². The maximum absolute atomic E-state index is 12.6. The zero-order valence-corrected chi connectivity index (χ0v) is 19.5. The molecule has 0 bridgehead atoms. The number of ether oxygens (including phenoxy) is 1. The second kappa shape index (κ2) is 9.63. The van der Waals surface area contributed by atoms with Crippen molar-refractivity contribution in [2.24, 2.45) is 11.8 Å². The summed E-state index contributed by atoms with van der Waals surface area (Å²) in [5.74, 6) is 1.97. The number of alkyl halides is 3. The Kier molecular flexibility index (Phi) is 6.38. The van der Waals surface area contributed by atoms with Crippen molar-refractivity contribution in [2.45, 2.75) is 32.3 Å². The summed E-state index contributed by atoms with van der Waals surface area (Å²) in [6, 6.07) is 14.3. The van der Waals surface area contributed by atoms with Crippen LogP contribution >= 0.6 is 0 Å². The predicted octanol–water partition coefficient (Wildman–Crippen LogP) is 3.65. The van der Waals surface area contributed by atoms with Crippen molar-refractivity contribution in [2.75, 3.05) is 23.3 Å². The van der Waals surface area contributed by atoms with Crippen molar-refractivity contribution in [1.82, 2.24) is 20.5 Å². The molecular formula is C25H25F3N6O2. The van der Waals surface area contributed by atoms with Gasteiger partial charge in [-0.05, 0) is 29.8 Å². The van der Waals surface area contributed by atoms with Crippen molar-refractivity contribution >= 4 is 17.4 Å². The van der Waals surface area contributed by atoms with Crippen molar-refractivity contribution in [3.05, 3.63) is 71.5 Å². The summed E-state index contributed by atoms with van der Waals surface area (Å²) in [6.07, 6.45) is -3.34. The second-order valence-corrected chi connectivity index (χ2v) is 9.07. The fraction of sp³-hybridized carbons (Fsp3) is 0.360. The van der Waals surface area contributed by atoms with Crippen LogP contribution in [0.15, 0.2) is 54.7 Å². The fourth-order valence-electron chi connectivity index (χ4n) is 4.53. The van der Waals surface area contributed by atoms with Crippen LogP contribution in [0.3, 0.4) is 0 Å². The SMILES string of the molecule is CC(=O)N[C@H]1[C@@H]2CN(c3ccc(CNc4ccc(OCc5ccc(C(F)(F)F)nc5)nn4)cc3)C[C@@H]21. The Morgan fingerprint density at radius 2 is 1.75 bits per heavy atom. The molecule has 1 amide bonds. The van der Waals surface area contributed by atoms with Gasteiger partial charge in [-0.25, -0.2) is 0 Å². The van der Waals surface area contributed by atoms with Crippen LogP contribution in [0.2, 0.25) is 0 Å². The minimum atomic E-state index is -4.47. The van der Waals surface area contributed by atoms with Gasteiger partial charge in [0, 0.05) is 67.9 Å². The van der Waals surface area contributed by atoms with E-state index in [0.717, 1.165) is 30.9 Å². The van der Waals surface area contributed by atoms with E-state index >= 15 is 0 Å². The first-order chi connectivity index (χ1) is 17.3. The lowest BCUT2D eigenvalue weighted by molar-refractivity contribution is -0.141. The average molecular weight is 499 g/mol. The molecule has 3 heterocycles. The maximum Gasteiger partial charge on any atom is 0.433 e. The van der Waals surface area contributed by atoms with E-state index < -0.39 is 11.9 Å². The van der Waals surface area contributed by atoms with Crippen LogP contribution in [-0.4, -0.2) is 40.2 Å². The number of hydrogen-bond acceptors (Lipinski definition) is 7. The summed E-state index contributed by atoms with van der Waals surface area (Å²) in [5, 5.41) is 14.3. The number of nitrogens with one attached hydrogen (secondary N) is 2. The monoisotopic (exact) mass is 498 g/mol. The van der Waals surface area contributed by atoms with Gasteiger partial charge in [0.25, 0.3) is 0 Å². The number of hydrogen-bond donors (Lipinski definition) is 2. The summed E-state index contributed by atoms with van der Waals surface area (Å²) in [4.78, 5) is 17.0. The number of pyridine rings is 1. The number of aromatic nitrogens is 3. The molecule has 36 heavy (non-hydrogen) atoms.